The predicted octanol–water partition coefficient (Wildman–Crippen LogP) is 5.11. The molecule has 7 atom stereocenters. The maximum Gasteiger partial charge on any atom is 0.408 e. The van der Waals surface area contributed by atoms with Gasteiger partial charge < -0.3 is 30.9 Å². The third-order valence-electron chi connectivity index (χ3n) is 8.13. The average Bonchev–Trinajstić information content (AvgIpc) is 2.95. The zero-order valence-electron chi connectivity index (χ0n) is 28.0. The number of benzene rings is 2. The second-order valence-corrected chi connectivity index (χ2v) is 13.5. The van der Waals surface area contributed by atoms with Gasteiger partial charge in [0.1, 0.15) is 23.8 Å². The molecule has 2 aromatic carbocycles. The molecule has 0 aromatic heterocycles. The van der Waals surface area contributed by atoms with Crippen LogP contribution < -0.4 is 16.0 Å². The van der Waals surface area contributed by atoms with Gasteiger partial charge in [0.15, 0.2) is 0 Å². The summed E-state index contributed by atoms with van der Waals surface area (Å²) in [6.45, 7) is 16.7. The van der Waals surface area contributed by atoms with Crippen LogP contribution >= 0.6 is 0 Å². The normalized spacial score (nSPS) is 16.7. The monoisotopic (exact) mass is 613 g/mol. The zero-order valence-corrected chi connectivity index (χ0v) is 28.0. The van der Waals surface area contributed by atoms with Crippen molar-refractivity contribution >= 4 is 28.7 Å². The van der Waals surface area contributed by atoms with Crippen LogP contribution in [-0.4, -0.2) is 64.1 Å². The van der Waals surface area contributed by atoms with Crippen LogP contribution in [0, 0.1) is 17.8 Å². The van der Waals surface area contributed by atoms with Gasteiger partial charge in [0.05, 0.1) is 12.1 Å². The number of carbonyl (C=O) groups excluding carboxylic acids is 3. The van der Waals surface area contributed by atoms with Crippen LogP contribution in [0.15, 0.2) is 42.5 Å². The minimum Gasteiger partial charge on any atom is -0.444 e. The average molecular weight is 614 g/mol. The number of fused-ring (bicyclic) bond motifs is 1. The van der Waals surface area contributed by atoms with E-state index in [4.69, 9.17) is 4.74 Å². The lowest BCUT2D eigenvalue weighted by Gasteiger charge is -2.33. The van der Waals surface area contributed by atoms with Crippen LogP contribution in [0.25, 0.3) is 10.8 Å². The van der Waals surface area contributed by atoms with Crippen molar-refractivity contribution in [3.05, 3.63) is 48.0 Å². The molecule has 9 nitrogen and oxygen atoms in total. The largest absolute Gasteiger partial charge is 0.444 e. The summed E-state index contributed by atoms with van der Waals surface area (Å²) in [6, 6.07) is 11.1. The highest BCUT2D eigenvalue weighted by molar-refractivity contribution is 5.92. The van der Waals surface area contributed by atoms with Crippen molar-refractivity contribution in [2.45, 2.75) is 124 Å². The molecule has 3 amide bonds. The first kappa shape index (κ1) is 37.0. The molecule has 0 bridgehead atoms. The van der Waals surface area contributed by atoms with Crippen LogP contribution in [0.3, 0.4) is 0 Å². The van der Waals surface area contributed by atoms with Gasteiger partial charge in [-0.1, -0.05) is 96.8 Å². The third kappa shape index (κ3) is 11.1. The maximum absolute atomic E-state index is 13.9. The molecule has 0 saturated carbocycles. The number of hydrogen-bond acceptors (Lipinski definition) is 6. The Kier molecular flexibility index (Phi) is 14.1. The van der Waals surface area contributed by atoms with Gasteiger partial charge in [0.25, 0.3) is 0 Å². The van der Waals surface area contributed by atoms with Crippen molar-refractivity contribution in [2.24, 2.45) is 17.8 Å². The molecule has 0 radical (unpaired) electrons. The van der Waals surface area contributed by atoms with E-state index in [2.05, 4.69) is 16.0 Å². The van der Waals surface area contributed by atoms with Crippen molar-refractivity contribution in [1.82, 2.24) is 16.0 Å². The molecule has 0 saturated heterocycles. The Morgan fingerprint density at radius 3 is 1.91 bits per heavy atom. The fraction of sp³-hybridized carbons (Fsp3) is 0.629. The number of carbonyl (C=O) groups is 3. The Morgan fingerprint density at radius 1 is 0.795 bits per heavy atom. The van der Waals surface area contributed by atoms with E-state index < -0.39 is 53.8 Å². The molecule has 44 heavy (non-hydrogen) atoms. The SMILES string of the molecule is CCC(C)[C@H](NC(=O)OC(C)(C)C)C(=O)N[C@H](C(=O)N[C@@H](Cc1cccc2ccccc12)[C@@H](O)[C@@H](O)CC(C)C)C(C)CC. The Labute approximate surface area is 263 Å². The minimum atomic E-state index is -1.24. The number of aliphatic hydroxyl groups is 2. The molecule has 0 heterocycles. The summed E-state index contributed by atoms with van der Waals surface area (Å²) < 4.78 is 5.39. The Morgan fingerprint density at radius 2 is 1.34 bits per heavy atom. The van der Waals surface area contributed by atoms with E-state index in [1.165, 1.54) is 0 Å². The molecule has 9 heteroatoms. The van der Waals surface area contributed by atoms with Gasteiger partial charge in [-0.2, -0.15) is 0 Å². The van der Waals surface area contributed by atoms with E-state index in [0.717, 1.165) is 16.3 Å². The molecular formula is C35H55N3O6. The van der Waals surface area contributed by atoms with Gasteiger partial charge in [-0.3, -0.25) is 9.59 Å². The second-order valence-electron chi connectivity index (χ2n) is 13.5. The van der Waals surface area contributed by atoms with Crippen LogP contribution in [0.4, 0.5) is 4.79 Å². The van der Waals surface area contributed by atoms with Crippen molar-refractivity contribution in [1.29, 1.82) is 0 Å². The van der Waals surface area contributed by atoms with E-state index in [0.29, 0.717) is 19.3 Å². The lowest BCUT2D eigenvalue weighted by molar-refractivity contribution is -0.133. The fourth-order valence-corrected chi connectivity index (χ4v) is 5.21. The van der Waals surface area contributed by atoms with E-state index in [1.54, 1.807) is 20.8 Å². The predicted molar refractivity (Wildman–Crippen MR) is 175 cm³/mol. The summed E-state index contributed by atoms with van der Waals surface area (Å²) in [6.07, 6.45) is -1.16. The van der Waals surface area contributed by atoms with Crippen LogP contribution in [0.5, 0.6) is 0 Å². The number of ether oxygens (including phenoxy) is 1. The standard InChI is InChI=1S/C35H55N3O6/c1-10-22(5)29(37-33(42)30(23(6)11-2)38-34(43)44-35(7,8)9)32(41)36-27(31(40)28(39)19-21(3)4)20-25-17-14-16-24-15-12-13-18-26(24)25/h12-18,21-23,27-31,39-40H,10-11,19-20H2,1-9H3,(H,36,41)(H,37,42)(H,38,43)/t22?,23?,27-,28-,29-,30-,31+/m0/s1. The number of nitrogens with one attached hydrogen (secondary N) is 3. The van der Waals surface area contributed by atoms with Gasteiger partial charge in [0, 0.05) is 0 Å². The highest BCUT2D eigenvalue weighted by Crippen LogP contribution is 2.23. The van der Waals surface area contributed by atoms with Crippen molar-refractivity contribution in [3.8, 4) is 0 Å². The van der Waals surface area contributed by atoms with E-state index in [1.807, 2.05) is 84.0 Å². The highest BCUT2D eigenvalue weighted by Gasteiger charge is 2.36. The molecule has 0 aliphatic heterocycles. The summed E-state index contributed by atoms with van der Waals surface area (Å²) in [4.78, 5) is 40.1. The molecule has 0 spiro atoms. The summed E-state index contributed by atoms with van der Waals surface area (Å²) >= 11 is 0. The lowest BCUT2D eigenvalue weighted by Crippen LogP contribution is -2.60. The van der Waals surface area contributed by atoms with Crippen molar-refractivity contribution in [2.75, 3.05) is 0 Å². The van der Waals surface area contributed by atoms with E-state index in [-0.39, 0.29) is 24.2 Å². The Bertz CT molecular complexity index is 1220. The van der Waals surface area contributed by atoms with Gasteiger partial charge in [-0.05, 0) is 67.7 Å². The van der Waals surface area contributed by atoms with Crippen LogP contribution in [-0.2, 0) is 20.7 Å². The first-order valence-electron chi connectivity index (χ1n) is 16.0. The Balaban J connectivity index is 2.37. The smallest absolute Gasteiger partial charge is 0.408 e. The van der Waals surface area contributed by atoms with Gasteiger partial charge in [0.2, 0.25) is 11.8 Å². The minimum absolute atomic E-state index is 0.135. The van der Waals surface area contributed by atoms with Crippen molar-refractivity contribution in [3.63, 3.8) is 0 Å². The van der Waals surface area contributed by atoms with Crippen LogP contribution in [0.2, 0.25) is 0 Å². The fourth-order valence-electron chi connectivity index (χ4n) is 5.21. The molecule has 0 fully saturated rings. The summed E-state index contributed by atoms with van der Waals surface area (Å²) in [7, 11) is 0. The van der Waals surface area contributed by atoms with Gasteiger partial charge >= 0.3 is 6.09 Å². The number of hydrogen-bond donors (Lipinski definition) is 5. The number of aliphatic hydroxyl groups excluding tert-OH is 2. The summed E-state index contributed by atoms with van der Waals surface area (Å²) in [5, 5.41) is 32.8. The third-order valence-corrected chi connectivity index (χ3v) is 8.13. The first-order chi connectivity index (χ1) is 20.6. The summed E-state index contributed by atoms with van der Waals surface area (Å²) in [5.41, 5.74) is 0.187. The maximum atomic E-state index is 13.9. The van der Waals surface area contributed by atoms with E-state index >= 15 is 0 Å². The topological polar surface area (TPSA) is 137 Å². The zero-order chi connectivity index (χ0) is 33.2. The number of rotatable bonds is 15. The van der Waals surface area contributed by atoms with E-state index in [9.17, 15) is 24.6 Å². The summed E-state index contributed by atoms with van der Waals surface area (Å²) in [5.74, 6) is -1.30. The lowest BCUT2D eigenvalue weighted by atomic mass is 9.90. The van der Waals surface area contributed by atoms with Crippen molar-refractivity contribution < 1.29 is 29.3 Å². The number of alkyl carbamates (subject to hydrolysis) is 1. The first-order valence-corrected chi connectivity index (χ1v) is 16.0. The van der Waals surface area contributed by atoms with Gasteiger partial charge in [-0.25, -0.2) is 4.79 Å². The molecule has 0 aliphatic rings. The second kappa shape index (κ2) is 16.8. The number of amides is 3. The quantitative estimate of drug-likeness (QED) is 0.190. The molecular weight excluding hydrogens is 558 g/mol. The molecule has 2 aromatic rings. The molecule has 2 unspecified atom stereocenters. The molecule has 0 aliphatic carbocycles. The molecule has 5 N–H and O–H groups in total. The molecule has 246 valence electrons. The van der Waals surface area contributed by atoms with Gasteiger partial charge in [-0.15, -0.1) is 0 Å². The highest BCUT2D eigenvalue weighted by atomic mass is 16.6. The Hall–Kier alpha value is -3.17. The molecule has 2 rings (SSSR count). The van der Waals surface area contributed by atoms with Crippen LogP contribution in [0.1, 0.15) is 87.1 Å².